The Morgan fingerprint density at radius 3 is 1.02 bits per heavy atom. The quantitative estimate of drug-likeness (QED) is 0.0290. The van der Waals surface area contributed by atoms with E-state index in [0.717, 1.165) is 27.7 Å². The molecule has 0 aromatic heterocycles. The van der Waals surface area contributed by atoms with E-state index in [1.54, 1.807) is 0 Å². The standard InChI is InChI=1S/C73H122N4O54/c1-16-35(91)45(101)51(107)68(113-16)127-58-32(75-18(3)87)63(110)114-29(13-85)55(58)124-64-31(74-17(2)86)44(100)54(28(12-84)121-64)123-73-62(131-67-50(106)36(92)21(90)14-111-67)59(128-72-61(49(105)40(96)25(9-81)120-72)130-66-34(77-20(5)89)57(42(98)27(11-83)116-66)126-70-53(109)47(103)38(94)23(7-79)118-70)43(99)30(122-73)15-112-71-60(48(104)39(95)24(8-80)119-71)129-65-33(76-19(4)88)56(41(97)26(10-82)115-65)125-69-52(108)46(102)37(93)22(6-78)117-69/h16,21-73,78-85,90-110H,6-15H2,1-5H3,(H,74,86)(H,75,87)(H,76,88)(H,77,89)/t16-,21-,22-,23-,24-,25-,26-,27-,28-,29-,30-,31-,32-,33-,34-,35+,36+,37+,38+,39-,40-,41-,42-,43-,44-,45+,46+,47+,48+,49+,50-,51-,52-,53-,54-,55-,56-,57-,58-,59+,60+,61+,62+,63-,64+,65+,66+,67+,68-,69+,70+,71+,72-,73+/m1/s1. The highest BCUT2D eigenvalue weighted by Gasteiger charge is 2.63. The first-order valence-corrected chi connectivity index (χ1v) is 41.9. The maximum Gasteiger partial charge on any atom is 0.217 e. The monoisotopic (exact) mass is 1920 g/mol. The highest BCUT2D eigenvalue weighted by atomic mass is 16.8. The van der Waals surface area contributed by atoms with Crippen LogP contribution in [-0.2, 0) is 119 Å². The fourth-order valence-corrected chi connectivity index (χ4v) is 17.0. The molecule has 54 atom stereocenters. The molecule has 0 aromatic carbocycles. The summed E-state index contributed by atoms with van der Waals surface area (Å²) in [7, 11) is 0. The van der Waals surface area contributed by atoms with Gasteiger partial charge in [-0.2, -0.15) is 0 Å². The van der Waals surface area contributed by atoms with E-state index in [2.05, 4.69) is 21.3 Å². The number of rotatable bonds is 33. The largest absolute Gasteiger partial charge is 0.394 e. The van der Waals surface area contributed by atoms with Gasteiger partial charge in [0.25, 0.3) is 0 Å². The lowest BCUT2D eigenvalue weighted by atomic mass is 9.93. The molecule has 11 saturated heterocycles. The predicted molar refractivity (Wildman–Crippen MR) is 401 cm³/mol. The second-order valence-corrected chi connectivity index (χ2v) is 33.3. The summed E-state index contributed by atoms with van der Waals surface area (Å²) in [6.45, 7) is -6.76. The molecule has 0 radical (unpaired) electrons. The third-order valence-corrected chi connectivity index (χ3v) is 24.2. The van der Waals surface area contributed by atoms with E-state index in [9.17, 15) is 167 Å². The molecule has 758 valence electrons. The van der Waals surface area contributed by atoms with E-state index < -0.39 is 421 Å². The molecule has 4 amide bonds. The number of ether oxygens (including phenoxy) is 21. The molecule has 0 saturated carbocycles. The van der Waals surface area contributed by atoms with Crippen LogP contribution in [0.15, 0.2) is 0 Å². The number of hydrogen-bond acceptors (Lipinski definition) is 54. The van der Waals surface area contributed by atoms with Crippen molar-refractivity contribution in [1.82, 2.24) is 21.3 Å². The molecule has 0 unspecified atom stereocenters. The molecular weight excluding hydrogens is 1800 g/mol. The summed E-state index contributed by atoms with van der Waals surface area (Å²) >= 11 is 0. The highest BCUT2D eigenvalue weighted by molar-refractivity contribution is 5.74. The van der Waals surface area contributed by atoms with E-state index >= 15 is 0 Å². The van der Waals surface area contributed by atoms with E-state index in [4.69, 9.17) is 99.5 Å². The van der Waals surface area contributed by atoms with Gasteiger partial charge in [-0.1, -0.05) is 0 Å². The number of aliphatic hydroxyl groups is 29. The Kier molecular flexibility index (Phi) is 38.3. The minimum Gasteiger partial charge on any atom is -0.394 e. The normalized spacial score (nSPS) is 50.1. The van der Waals surface area contributed by atoms with Crippen LogP contribution in [-0.4, -0.2) is 569 Å². The summed E-state index contributed by atoms with van der Waals surface area (Å²) < 4.78 is 128. The van der Waals surface area contributed by atoms with Gasteiger partial charge < -0.3 is 269 Å². The van der Waals surface area contributed by atoms with Gasteiger partial charge in [-0.25, -0.2) is 0 Å². The zero-order valence-corrected chi connectivity index (χ0v) is 70.4. The molecule has 0 aliphatic carbocycles. The Balaban J connectivity index is 1.01. The Bertz CT molecular complexity index is 3570. The van der Waals surface area contributed by atoms with Gasteiger partial charge >= 0.3 is 0 Å². The van der Waals surface area contributed by atoms with Crippen molar-refractivity contribution in [3.8, 4) is 0 Å². The van der Waals surface area contributed by atoms with Crippen molar-refractivity contribution in [2.45, 2.75) is 366 Å². The fraction of sp³-hybridized carbons (Fsp3) is 0.945. The van der Waals surface area contributed by atoms with Gasteiger partial charge in [-0.15, -0.1) is 0 Å². The van der Waals surface area contributed by atoms with Gasteiger partial charge in [-0.3, -0.25) is 19.2 Å². The van der Waals surface area contributed by atoms with Crippen LogP contribution >= 0.6 is 0 Å². The summed E-state index contributed by atoms with van der Waals surface area (Å²) in [6, 6.07) is -7.98. The minimum absolute atomic E-state index is 0.887. The molecule has 11 rings (SSSR count). The number of aliphatic hydroxyl groups excluding tert-OH is 29. The Labute approximate surface area is 741 Å². The lowest BCUT2D eigenvalue weighted by Crippen LogP contribution is -2.72. The molecule has 11 fully saturated rings. The van der Waals surface area contributed by atoms with Gasteiger partial charge in [-0.05, 0) is 6.92 Å². The van der Waals surface area contributed by atoms with E-state index in [-0.39, 0.29) is 0 Å². The summed E-state index contributed by atoms with van der Waals surface area (Å²) in [6.07, 6.45) is -109. The van der Waals surface area contributed by atoms with Crippen LogP contribution < -0.4 is 21.3 Å². The van der Waals surface area contributed by atoms with Crippen LogP contribution in [0.2, 0.25) is 0 Å². The first-order valence-electron chi connectivity index (χ1n) is 41.9. The number of carbonyl (C=O) groups is 4. The second kappa shape index (κ2) is 46.8. The van der Waals surface area contributed by atoms with Gasteiger partial charge in [0.15, 0.2) is 69.2 Å². The van der Waals surface area contributed by atoms with Crippen LogP contribution in [0.4, 0.5) is 0 Å². The summed E-state index contributed by atoms with van der Waals surface area (Å²) in [4.78, 5) is 53.0. The molecule has 131 heavy (non-hydrogen) atoms. The van der Waals surface area contributed by atoms with E-state index in [0.29, 0.717) is 0 Å². The zero-order chi connectivity index (χ0) is 96.2. The number of carbonyl (C=O) groups excluding carboxylic acids is 4. The van der Waals surface area contributed by atoms with Crippen LogP contribution in [0, 0.1) is 0 Å². The molecule has 11 aliphatic heterocycles. The lowest BCUT2D eigenvalue weighted by molar-refractivity contribution is -0.413. The topological polar surface area (TPSA) is 897 Å². The van der Waals surface area contributed by atoms with E-state index in [1.165, 1.54) is 6.92 Å². The molecule has 33 N–H and O–H groups in total. The molecule has 0 bridgehead atoms. The highest BCUT2D eigenvalue weighted by Crippen LogP contribution is 2.43. The smallest absolute Gasteiger partial charge is 0.217 e. The summed E-state index contributed by atoms with van der Waals surface area (Å²) in [5.74, 6) is -3.97. The van der Waals surface area contributed by atoms with E-state index in [1.807, 2.05) is 0 Å². The molecule has 0 aromatic rings. The Morgan fingerprint density at radius 1 is 0.244 bits per heavy atom. The molecule has 11 heterocycles. The number of hydrogen-bond donors (Lipinski definition) is 33. The summed E-state index contributed by atoms with van der Waals surface area (Å²) in [5.41, 5.74) is 0. The van der Waals surface area contributed by atoms with Crippen LogP contribution in [0.3, 0.4) is 0 Å². The first-order chi connectivity index (χ1) is 62.0. The summed E-state index contributed by atoms with van der Waals surface area (Å²) in [5, 5.41) is 336. The molecule has 11 aliphatic rings. The third-order valence-electron chi connectivity index (χ3n) is 24.2. The van der Waals surface area contributed by atoms with Gasteiger partial charge in [0.1, 0.15) is 256 Å². The van der Waals surface area contributed by atoms with Crippen molar-refractivity contribution >= 4 is 23.6 Å². The third kappa shape index (κ3) is 23.6. The lowest BCUT2D eigenvalue weighted by Gasteiger charge is -2.52. The van der Waals surface area contributed by atoms with Crippen LogP contribution in [0.5, 0.6) is 0 Å². The van der Waals surface area contributed by atoms with Crippen LogP contribution in [0.1, 0.15) is 34.6 Å². The van der Waals surface area contributed by atoms with Gasteiger partial charge in [0.2, 0.25) is 23.6 Å². The van der Waals surface area contributed by atoms with Crippen molar-refractivity contribution < 1.29 is 267 Å². The average molecular weight is 1920 g/mol. The zero-order valence-electron chi connectivity index (χ0n) is 70.4. The minimum atomic E-state index is -2.67. The van der Waals surface area contributed by atoms with Crippen molar-refractivity contribution in [1.29, 1.82) is 0 Å². The number of nitrogens with one attached hydrogen (secondary N) is 4. The maximum atomic E-state index is 13.6. The van der Waals surface area contributed by atoms with Crippen molar-refractivity contribution in [3.05, 3.63) is 0 Å². The fourth-order valence-electron chi connectivity index (χ4n) is 17.0. The van der Waals surface area contributed by atoms with Crippen molar-refractivity contribution in [2.24, 2.45) is 0 Å². The average Bonchev–Trinajstić information content (AvgIpc) is 0.759. The predicted octanol–water partition coefficient (Wildman–Crippen LogP) is -22.7. The van der Waals surface area contributed by atoms with Gasteiger partial charge in [0.05, 0.1) is 72.2 Å². The maximum absolute atomic E-state index is 13.6. The Morgan fingerprint density at radius 2 is 0.550 bits per heavy atom. The second-order valence-electron chi connectivity index (χ2n) is 33.3. The Hall–Kier alpha value is -4.12. The molecule has 58 heteroatoms. The van der Waals surface area contributed by atoms with Crippen molar-refractivity contribution in [2.75, 3.05) is 66.1 Å². The SMILES string of the molecule is CC(=O)N[C@@H]1[C@@H](O[C@H]2O[C@H](C)[C@H](O)[C@H](O)[C@H]2O)[C@H](O[C@@H]2O[C@H](CO)[C@@H](O[C@@H]3O[C@H](CO[C@H]4O[C@H](CO)[C@@H](O)[C@H](O)[C@@H]4O[C@@H]4O[C@H](CO)[C@@H](O)[C@H](O[C@@H]5O[C@H](CO)[C@H](O)[C@H](O)[C@H]5O)[C@H]4NC(C)=O)[C@@H](O)[C@H](O[C@H]4O[C@H](CO)[C@@H](O)[C@H](O)[C@@H]4O[C@@H]4O[C@H](CO)[C@@H](O)[C@H](O[C@@H]5O[C@H](CO)[C@H](O)[C@H](O)[C@H]5O)[C@H]4NC(C)=O)[C@@H]3O[C@@H]3OC[C@@H](O)[C@H](O)[C@H]3O)[C@H](O)[C@H]2NC(C)=O)[C@@H](CO)O[C@H]1O. The molecule has 58 nitrogen and oxygen atoms in total. The van der Waals surface area contributed by atoms with Gasteiger partial charge in [0, 0.05) is 27.7 Å². The van der Waals surface area contributed by atoms with Crippen LogP contribution in [0.25, 0.3) is 0 Å². The number of amides is 4. The molecule has 0 spiro atoms. The first kappa shape index (κ1) is 107. The molecular formula is C73H122N4O54. The van der Waals surface area contributed by atoms with Crippen molar-refractivity contribution in [3.63, 3.8) is 0 Å².